The van der Waals surface area contributed by atoms with Crippen LogP contribution in [0, 0.1) is 0 Å². The number of thiazole rings is 1. The predicted molar refractivity (Wildman–Crippen MR) is 60.1 cm³/mol. The summed E-state index contributed by atoms with van der Waals surface area (Å²) in [5.74, 6) is 0. The first-order valence-electron chi connectivity index (χ1n) is 5.26. The van der Waals surface area contributed by atoms with Gasteiger partial charge >= 0.3 is 0 Å². The van der Waals surface area contributed by atoms with Gasteiger partial charge in [-0.2, -0.15) is 5.10 Å². The van der Waals surface area contributed by atoms with Gasteiger partial charge in [-0.1, -0.05) is 0 Å². The zero-order valence-electron chi connectivity index (χ0n) is 8.83. The fourth-order valence-electron chi connectivity index (χ4n) is 1.93. The Morgan fingerprint density at radius 1 is 1.41 bits per heavy atom. The van der Waals surface area contributed by atoms with Crippen molar-refractivity contribution in [3.05, 3.63) is 21.6 Å². The summed E-state index contributed by atoms with van der Waals surface area (Å²) in [6, 6.07) is 0. The molecule has 0 aliphatic carbocycles. The number of aromatic amines is 1. The van der Waals surface area contributed by atoms with Crippen LogP contribution in [0.25, 0.3) is 11.4 Å². The van der Waals surface area contributed by atoms with E-state index in [1.165, 1.54) is 0 Å². The van der Waals surface area contributed by atoms with Crippen molar-refractivity contribution in [3.8, 4) is 11.4 Å². The Morgan fingerprint density at radius 2 is 2.29 bits per heavy atom. The van der Waals surface area contributed by atoms with Crippen LogP contribution in [0.3, 0.4) is 0 Å². The largest absolute Gasteiger partial charge is 0.312 e. The van der Waals surface area contributed by atoms with E-state index in [0.717, 1.165) is 35.6 Å². The van der Waals surface area contributed by atoms with Crippen LogP contribution in [0.15, 0.2) is 5.38 Å². The molecule has 0 fully saturated rings. The Labute approximate surface area is 100 Å². The summed E-state index contributed by atoms with van der Waals surface area (Å²) < 4.78 is 24.9. The molecule has 0 amide bonds. The van der Waals surface area contributed by atoms with Crippen LogP contribution in [0.5, 0.6) is 0 Å². The van der Waals surface area contributed by atoms with Crippen molar-refractivity contribution in [2.75, 3.05) is 6.54 Å². The lowest BCUT2D eigenvalue weighted by molar-refractivity contribution is 0.151. The van der Waals surface area contributed by atoms with E-state index in [9.17, 15) is 8.78 Å². The molecule has 0 unspecified atom stereocenters. The second-order valence-corrected chi connectivity index (χ2v) is 4.72. The Balaban J connectivity index is 2.00. The lowest BCUT2D eigenvalue weighted by Gasteiger charge is -2.12. The molecule has 0 saturated carbocycles. The minimum absolute atomic E-state index is 0.152. The molecule has 90 valence electrons. The number of alkyl halides is 2. The van der Waals surface area contributed by atoms with Gasteiger partial charge in [0.2, 0.25) is 0 Å². The summed E-state index contributed by atoms with van der Waals surface area (Å²) in [7, 11) is 0. The molecule has 1 aliphatic rings. The highest BCUT2D eigenvalue weighted by Gasteiger charge is 2.21. The maximum Gasteiger partial charge on any atom is 0.289 e. The van der Waals surface area contributed by atoms with Gasteiger partial charge in [0, 0.05) is 36.1 Å². The Morgan fingerprint density at radius 3 is 3.06 bits per heavy atom. The third-order valence-corrected chi connectivity index (χ3v) is 3.61. The van der Waals surface area contributed by atoms with Crippen LogP contribution < -0.4 is 5.32 Å². The molecule has 0 atom stereocenters. The third kappa shape index (κ3) is 1.85. The van der Waals surface area contributed by atoms with E-state index in [1.54, 1.807) is 5.38 Å². The van der Waals surface area contributed by atoms with Gasteiger partial charge < -0.3 is 5.32 Å². The lowest BCUT2D eigenvalue weighted by atomic mass is 10.1. The number of aromatic nitrogens is 3. The van der Waals surface area contributed by atoms with Gasteiger partial charge in [-0.3, -0.25) is 5.10 Å². The van der Waals surface area contributed by atoms with Gasteiger partial charge in [-0.25, -0.2) is 13.8 Å². The van der Waals surface area contributed by atoms with Gasteiger partial charge in [0.25, 0.3) is 6.43 Å². The molecule has 0 bridgehead atoms. The second-order valence-electron chi connectivity index (χ2n) is 3.83. The van der Waals surface area contributed by atoms with E-state index in [0.29, 0.717) is 17.9 Å². The Kier molecular flexibility index (Phi) is 2.64. The average Bonchev–Trinajstić information content (AvgIpc) is 2.95. The third-order valence-electron chi connectivity index (χ3n) is 2.76. The molecule has 4 nitrogen and oxygen atoms in total. The molecular weight excluding hydrogens is 246 g/mol. The van der Waals surface area contributed by atoms with E-state index < -0.39 is 6.43 Å². The molecule has 2 N–H and O–H groups in total. The number of fused-ring (bicyclic) bond motifs is 1. The first-order valence-corrected chi connectivity index (χ1v) is 6.14. The summed E-state index contributed by atoms with van der Waals surface area (Å²) in [5, 5.41) is 11.8. The van der Waals surface area contributed by atoms with Crippen LogP contribution >= 0.6 is 11.3 Å². The summed E-state index contributed by atoms with van der Waals surface area (Å²) in [4.78, 5) is 3.92. The summed E-state index contributed by atoms with van der Waals surface area (Å²) in [5.41, 5.74) is 3.34. The van der Waals surface area contributed by atoms with Crippen molar-refractivity contribution >= 4 is 11.3 Å². The van der Waals surface area contributed by atoms with Gasteiger partial charge in [0.1, 0.15) is 11.4 Å². The first-order chi connectivity index (χ1) is 8.25. The highest BCUT2D eigenvalue weighted by Crippen LogP contribution is 2.30. The van der Waals surface area contributed by atoms with Crippen LogP contribution in [0.4, 0.5) is 8.78 Å². The van der Waals surface area contributed by atoms with Gasteiger partial charge in [-0.05, 0) is 0 Å². The van der Waals surface area contributed by atoms with Crippen LogP contribution in [0.2, 0.25) is 0 Å². The number of hydrogen-bond acceptors (Lipinski definition) is 4. The summed E-state index contributed by atoms with van der Waals surface area (Å²) in [6.45, 7) is 1.62. The highest BCUT2D eigenvalue weighted by molar-refractivity contribution is 7.10. The smallest absolute Gasteiger partial charge is 0.289 e. The number of rotatable bonds is 2. The molecule has 0 aromatic carbocycles. The van der Waals surface area contributed by atoms with Crippen LogP contribution in [-0.2, 0) is 13.0 Å². The zero-order valence-corrected chi connectivity index (χ0v) is 9.65. The van der Waals surface area contributed by atoms with Crippen molar-refractivity contribution in [1.82, 2.24) is 20.5 Å². The molecule has 7 heteroatoms. The van der Waals surface area contributed by atoms with Crippen molar-refractivity contribution in [1.29, 1.82) is 0 Å². The van der Waals surface area contributed by atoms with Crippen molar-refractivity contribution in [2.24, 2.45) is 0 Å². The lowest BCUT2D eigenvalue weighted by Crippen LogP contribution is -2.23. The number of halogens is 2. The second kappa shape index (κ2) is 4.15. The number of nitrogens with one attached hydrogen (secondary N) is 2. The van der Waals surface area contributed by atoms with E-state index >= 15 is 0 Å². The van der Waals surface area contributed by atoms with Crippen LogP contribution in [0.1, 0.15) is 22.7 Å². The Hall–Kier alpha value is -1.34. The minimum atomic E-state index is -2.51. The maximum atomic E-state index is 12.5. The topological polar surface area (TPSA) is 53.6 Å². The van der Waals surface area contributed by atoms with Crippen molar-refractivity contribution in [2.45, 2.75) is 19.4 Å². The van der Waals surface area contributed by atoms with E-state index in [2.05, 4.69) is 20.5 Å². The Bertz CT molecular complexity index is 534. The molecule has 2 aromatic heterocycles. The van der Waals surface area contributed by atoms with Crippen LogP contribution in [-0.4, -0.2) is 21.7 Å². The molecule has 3 heterocycles. The van der Waals surface area contributed by atoms with E-state index in [1.807, 2.05) is 0 Å². The van der Waals surface area contributed by atoms with Gasteiger partial charge in [-0.15, -0.1) is 11.3 Å². The standard InChI is InChI=1S/C10H10F2N4S/c11-9(12)10-14-7(4-17-10)8-5-3-13-2-1-6(5)15-16-8/h4,9,13H,1-3H2,(H,15,16). The molecule has 1 aliphatic heterocycles. The maximum absolute atomic E-state index is 12.5. The number of H-pyrrole nitrogens is 1. The molecule has 0 saturated heterocycles. The monoisotopic (exact) mass is 256 g/mol. The molecule has 0 spiro atoms. The predicted octanol–water partition coefficient (Wildman–Crippen LogP) is 2.12. The SMILES string of the molecule is FC(F)c1nc(-c2n[nH]c3c2CNCC3)cs1. The van der Waals surface area contributed by atoms with Gasteiger partial charge in [0.05, 0.1) is 0 Å². The molecule has 2 aromatic rings. The minimum Gasteiger partial charge on any atom is -0.312 e. The average molecular weight is 256 g/mol. The van der Waals surface area contributed by atoms with Gasteiger partial charge in [0.15, 0.2) is 5.01 Å². The summed E-state index contributed by atoms with van der Waals surface area (Å²) in [6.07, 6.45) is -1.63. The normalized spacial score (nSPS) is 15.2. The molecule has 0 radical (unpaired) electrons. The quantitative estimate of drug-likeness (QED) is 0.865. The van der Waals surface area contributed by atoms with Crippen molar-refractivity contribution in [3.63, 3.8) is 0 Å². The molecular formula is C10H10F2N4S. The van der Waals surface area contributed by atoms with Crippen molar-refractivity contribution < 1.29 is 8.78 Å². The fourth-order valence-corrected chi connectivity index (χ4v) is 2.58. The molecule has 17 heavy (non-hydrogen) atoms. The van der Waals surface area contributed by atoms with E-state index in [4.69, 9.17) is 0 Å². The first kappa shape index (κ1) is 10.8. The summed E-state index contributed by atoms with van der Waals surface area (Å²) >= 11 is 0.971. The van der Waals surface area contributed by atoms with E-state index in [-0.39, 0.29) is 5.01 Å². The number of nitrogens with zero attached hydrogens (tertiary/aromatic N) is 2. The number of hydrogen-bond donors (Lipinski definition) is 2. The zero-order chi connectivity index (χ0) is 11.8. The fraction of sp³-hybridized carbons (Fsp3) is 0.400. The molecule has 3 rings (SSSR count). The highest BCUT2D eigenvalue weighted by atomic mass is 32.1.